The molecule has 1 amide bonds. The van der Waals surface area contributed by atoms with Crippen molar-refractivity contribution in [1.82, 2.24) is 10.3 Å². The van der Waals surface area contributed by atoms with Crippen molar-refractivity contribution < 1.29 is 9.53 Å². The molecule has 1 fully saturated rings. The largest absolute Gasteiger partial charge is 0.450 e. The van der Waals surface area contributed by atoms with Gasteiger partial charge in [0.2, 0.25) is 0 Å². The zero-order valence-electron chi connectivity index (χ0n) is 11.7. The van der Waals surface area contributed by atoms with Crippen molar-refractivity contribution in [3.05, 3.63) is 17.8 Å². The minimum absolute atomic E-state index is 0.374. The number of carbonyl (C=O) groups is 1. The quantitative estimate of drug-likeness (QED) is 0.854. The van der Waals surface area contributed by atoms with E-state index in [0.29, 0.717) is 12.6 Å². The molecule has 1 saturated heterocycles. The molecule has 0 aromatic carbocycles. The van der Waals surface area contributed by atoms with Crippen LogP contribution in [0.25, 0.3) is 0 Å². The molecule has 108 valence electrons. The summed E-state index contributed by atoms with van der Waals surface area (Å²) in [5.41, 5.74) is 1.95. The lowest BCUT2D eigenvalue weighted by atomic mass is 9.96. The molecule has 0 unspecified atom stereocenters. The number of anilines is 2. The lowest BCUT2D eigenvalue weighted by molar-refractivity contribution is 0.168. The van der Waals surface area contributed by atoms with Gasteiger partial charge in [-0.1, -0.05) is 0 Å². The highest BCUT2D eigenvalue weighted by atomic mass is 16.5. The highest BCUT2D eigenvalue weighted by Gasteiger charge is 2.30. The molecule has 1 atom stereocenters. The first kappa shape index (κ1) is 13.2. The number of hydrogen-bond donors (Lipinski definition) is 2. The summed E-state index contributed by atoms with van der Waals surface area (Å²) in [6.07, 6.45) is 3.38. The Kier molecular flexibility index (Phi) is 3.73. The highest BCUT2D eigenvalue weighted by Crippen LogP contribution is 2.34. The molecule has 2 aliphatic rings. The summed E-state index contributed by atoms with van der Waals surface area (Å²) in [5.74, 6) is 1.01. The van der Waals surface area contributed by atoms with Gasteiger partial charge < -0.3 is 15.0 Å². The van der Waals surface area contributed by atoms with Crippen LogP contribution in [-0.4, -0.2) is 43.4 Å². The fourth-order valence-electron chi connectivity index (χ4n) is 2.98. The van der Waals surface area contributed by atoms with E-state index in [1.54, 1.807) is 13.1 Å². The van der Waals surface area contributed by atoms with E-state index in [-0.39, 0.29) is 0 Å². The number of fused-ring (bicyclic) bond motifs is 3. The zero-order valence-corrected chi connectivity index (χ0v) is 11.7. The lowest BCUT2D eigenvalue weighted by Gasteiger charge is -2.41. The summed E-state index contributed by atoms with van der Waals surface area (Å²) in [7, 11) is 0. The monoisotopic (exact) mass is 276 g/mol. The van der Waals surface area contributed by atoms with E-state index in [2.05, 4.69) is 20.5 Å². The van der Waals surface area contributed by atoms with Crippen molar-refractivity contribution in [3.8, 4) is 0 Å². The normalized spacial score (nSPS) is 20.9. The second-order valence-corrected chi connectivity index (χ2v) is 5.10. The summed E-state index contributed by atoms with van der Waals surface area (Å²) in [6.45, 7) is 5.13. The SMILES string of the molecule is CCOC(=O)Nc1ccnc2c1CC[C@@H]1CNCCN21. The van der Waals surface area contributed by atoms with Crippen LogP contribution in [0.1, 0.15) is 18.9 Å². The molecule has 0 bridgehead atoms. The van der Waals surface area contributed by atoms with Gasteiger partial charge in [-0.3, -0.25) is 5.32 Å². The number of nitrogens with one attached hydrogen (secondary N) is 2. The van der Waals surface area contributed by atoms with E-state index in [4.69, 9.17) is 4.74 Å². The van der Waals surface area contributed by atoms with Crippen LogP contribution >= 0.6 is 0 Å². The molecular formula is C14H20N4O2. The van der Waals surface area contributed by atoms with E-state index in [0.717, 1.165) is 49.5 Å². The molecule has 6 heteroatoms. The minimum atomic E-state index is -0.400. The Morgan fingerprint density at radius 1 is 1.65 bits per heavy atom. The Bertz CT molecular complexity index is 506. The third-order valence-corrected chi connectivity index (χ3v) is 3.90. The second kappa shape index (κ2) is 5.66. The molecule has 1 aromatic rings. The molecule has 6 nitrogen and oxygen atoms in total. The Balaban J connectivity index is 1.86. The molecule has 0 radical (unpaired) electrons. The topological polar surface area (TPSA) is 66.5 Å². The number of carbonyl (C=O) groups excluding carboxylic acids is 1. The van der Waals surface area contributed by atoms with Gasteiger partial charge in [0.05, 0.1) is 12.3 Å². The maximum Gasteiger partial charge on any atom is 0.411 e. The Hall–Kier alpha value is -1.82. The number of aromatic nitrogens is 1. The van der Waals surface area contributed by atoms with Crippen LogP contribution in [0.15, 0.2) is 12.3 Å². The standard InChI is InChI=1S/C14H20N4O2/c1-2-20-14(19)17-12-5-6-16-13-11(12)4-3-10-9-15-7-8-18(10)13/h5-6,10,15H,2-4,7-9H2,1H3,(H,16,17,19)/t10-/m1/s1. The first-order valence-electron chi connectivity index (χ1n) is 7.18. The third kappa shape index (κ3) is 2.43. The number of hydrogen-bond acceptors (Lipinski definition) is 5. The fourth-order valence-corrected chi connectivity index (χ4v) is 2.98. The zero-order chi connectivity index (χ0) is 13.9. The minimum Gasteiger partial charge on any atom is -0.450 e. The summed E-state index contributed by atoms with van der Waals surface area (Å²) in [6, 6.07) is 2.36. The summed E-state index contributed by atoms with van der Waals surface area (Å²) in [4.78, 5) is 18.5. The van der Waals surface area contributed by atoms with E-state index < -0.39 is 6.09 Å². The average molecular weight is 276 g/mol. The molecule has 2 aliphatic heterocycles. The van der Waals surface area contributed by atoms with Gasteiger partial charge in [0, 0.05) is 37.4 Å². The van der Waals surface area contributed by atoms with Gasteiger partial charge in [-0.25, -0.2) is 9.78 Å². The first-order chi connectivity index (χ1) is 9.79. The molecule has 2 N–H and O–H groups in total. The molecule has 20 heavy (non-hydrogen) atoms. The summed E-state index contributed by atoms with van der Waals surface area (Å²) in [5, 5.41) is 6.24. The molecule has 1 aromatic heterocycles. The van der Waals surface area contributed by atoms with Crippen molar-refractivity contribution in [1.29, 1.82) is 0 Å². The van der Waals surface area contributed by atoms with Gasteiger partial charge in [0.15, 0.2) is 0 Å². The van der Waals surface area contributed by atoms with Gasteiger partial charge in [0.1, 0.15) is 5.82 Å². The van der Waals surface area contributed by atoms with Crippen molar-refractivity contribution in [2.45, 2.75) is 25.8 Å². The van der Waals surface area contributed by atoms with E-state index >= 15 is 0 Å². The smallest absolute Gasteiger partial charge is 0.411 e. The number of rotatable bonds is 2. The summed E-state index contributed by atoms with van der Waals surface area (Å²) < 4.78 is 4.95. The predicted octanol–water partition coefficient (Wildman–Crippen LogP) is 1.37. The molecule has 3 heterocycles. The molecule has 0 saturated carbocycles. The molecular weight excluding hydrogens is 256 g/mol. The van der Waals surface area contributed by atoms with Gasteiger partial charge in [-0.05, 0) is 25.8 Å². The number of pyridine rings is 1. The van der Waals surface area contributed by atoms with Crippen LogP contribution in [0.5, 0.6) is 0 Å². The van der Waals surface area contributed by atoms with Crippen molar-refractivity contribution in [2.24, 2.45) is 0 Å². The first-order valence-corrected chi connectivity index (χ1v) is 7.18. The predicted molar refractivity (Wildman–Crippen MR) is 77.2 cm³/mol. The Morgan fingerprint density at radius 2 is 2.55 bits per heavy atom. The second-order valence-electron chi connectivity index (χ2n) is 5.10. The highest BCUT2D eigenvalue weighted by molar-refractivity contribution is 5.87. The molecule has 0 spiro atoms. The number of piperazine rings is 1. The average Bonchev–Trinajstić information content (AvgIpc) is 2.47. The number of amides is 1. The van der Waals surface area contributed by atoms with Crippen LogP contribution < -0.4 is 15.5 Å². The maximum atomic E-state index is 11.6. The van der Waals surface area contributed by atoms with Gasteiger partial charge in [0.25, 0.3) is 0 Å². The Morgan fingerprint density at radius 3 is 3.40 bits per heavy atom. The van der Waals surface area contributed by atoms with Crippen LogP contribution in [-0.2, 0) is 11.2 Å². The Labute approximate surface area is 118 Å². The summed E-state index contributed by atoms with van der Waals surface area (Å²) >= 11 is 0. The van der Waals surface area contributed by atoms with Crippen molar-refractivity contribution >= 4 is 17.6 Å². The third-order valence-electron chi connectivity index (χ3n) is 3.90. The lowest BCUT2D eigenvalue weighted by Crippen LogP contribution is -2.53. The number of nitrogens with zero attached hydrogens (tertiary/aromatic N) is 2. The van der Waals surface area contributed by atoms with E-state index in [1.165, 1.54) is 0 Å². The van der Waals surface area contributed by atoms with Crippen LogP contribution in [0.4, 0.5) is 16.3 Å². The molecule has 3 rings (SSSR count). The maximum absolute atomic E-state index is 11.6. The van der Waals surface area contributed by atoms with Crippen molar-refractivity contribution in [3.63, 3.8) is 0 Å². The van der Waals surface area contributed by atoms with E-state index in [9.17, 15) is 4.79 Å². The van der Waals surface area contributed by atoms with Gasteiger partial charge >= 0.3 is 6.09 Å². The van der Waals surface area contributed by atoms with Crippen LogP contribution in [0.3, 0.4) is 0 Å². The van der Waals surface area contributed by atoms with Gasteiger partial charge in [-0.15, -0.1) is 0 Å². The van der Waals surface area contributed by atoms with Crippen LogP contribution in [0, 0.1) is 0 Å². The van der Waals surface area contributed by atoms with Gasteiger partial charge in [-0.2, -0.15) is 0 Å². The fraction of sp³-hybridized carbons (Fsp3) is 0.571. The van der Waals surface area contributed by atoms with Crippen LogP contribution in [0.2, 0.25) is 0 Å². The number of ether oxygens (including phenoxy) is 1. The molecule has 0 aliphatic carbocycles. The van der Waals surface area contributed by atoms with E-state index in [1.807, 2.05) is 6.07 Å². The van der Waals surface area contributed by atoms with Crippen molar-refractivity contribution in [2.75, 3.05) is 36.5 Å².